The van der Waals surface area contributed by atoms with Crippen LogP contribution in [0.5, 0.6) is 5.75 Å². The van der Waals surface area contributed by atoms with Gasteiger partial charge in [-0.2, -0.15) is 0 Å². The zero-order valence-corrected chi connectivity index (χ0v) is 21.2. The van der Waals surface area contributed by atoms with Gasteiger partial charge >= 0.3 is 11.9 Å². The minimum absolute atomic E-state index is 0.459. The number of H-pyrrole nitrogens is 1. The smallest absolute Gasteiger partial charge is 0.414 e. The fraction of sp³-hybridized carbons (Fsp3) is 0.286. The van der Waals surface area contributed by atoms with E-state index in [9.17, 15) is 0 Å². The number of hydrogen-bond acceptors (Lipinski definition) is 6. The summed E-state index contributed by atoms with van der Waals surface area (Å²) in [5.74, 6) is -2.74. The van der Waals surface area contributed by atoms with Crippen LogP contribution < -0.4 is 4.74 Å². The van der Waals surface area contributed by atoms with E-state index in [2.05, 4.69) is 80.9 Å². The molecular formula is C28H31N5O5. The molecular weight excluding hydrogens is 486 g/mol. The largest absolute Gasteiger partial charge is 0.497 e. The van der Waals surface area contributed by atoms with Crippen molar-refractivity contribution in [2.24, 2.45) is 0 Å². The number of rotatable bonds is 8. The van der Waals surface area contributed by atoms with E-state index in [0.717, 1.165) is 50.2 Å². The number of methoxy groups -OCH3 is 1. The first kappa shape index (κ1) is 26.6. The molecule has 38 heavy (non-hydrogen) atoms. The van der Waals surface area contributed by atoms with E-state index in [-0.39, 0.29) is 0 Å². The molecule has 198 valence electrons. The average molecular weight is 518 g/mol. The van der Waals surface area contributed by atoms with Crippen molar-refractivity contribution in [2.45, 2.75) is 31.7 Å². The molecule has 1 aliphatic heterocycles. The van der Waals surface area contributed by atoms with Gasteiger partial charge in [-0.15, -0.1) is 10.2 Å². The first-order chi connectivity index (χ1) is 18.4. The molecule has 0 saturated heterocycles. The van der Waals surface area contributed by atoms with E-state index in [0.29, 0.717) is 6.04 Å². The molecule has 4 aromatic rings. The maximum Gasteiger partial charge on any atom is 0.414 e. The van der Waals surface area contributed by atoms with Gasteiger partial charge in [0.1, 0.15) is 18.4 Å². The second-order valence-corrected chi connectivity index (χ2v) is 9.00. The number of carboxylic acid groups (broad SMARTS) is 2. The summed E-state index contributed by atoms with van der Waals surface area (Å²) in [5, 5.41) is 23.9. The van der Waals surface area contributed by atoms with Crippen molar-refractivity contribution in [3.05, 3.63) is 84.6 Å². The highest BCUT2D eigenvalue weighted by Gasteiger charge is 2.19. The zero-order chi connectivity index (χ0) is 26.9. The van der Waals surface area contributed by atoms with Gasteiger partial charge in [-0.05, 0) is 73.7 Å². The van der Waals surface area contributed by atoms with Crippen molar-refractivity contribution >= 4 is 22.8 Å². The van der Waals surface area contributed by atoms with E-state index in [1.54, 1.807) is 19.8 Å². The number of aryl methyl sites for hydroxylation is 1. The normalized spacial score (nSPS) is 15.1. The Hall–Kier alpha value is -4.44. The molecule has 0 spiro atoms. The Balaban J connectivity index is 0.000000505. The van der Waals surface area contributed by atoms with Gasteiger partial charge < -0.3 is 19.9 Å². The number of nitrogens with zero attached hydrogens (tertiary/aromatic N) is 4. The Labute approximate surface area is 220 Å². The van der Waals surface area contributed by atoms with Crippen LogP contribution in [0.3, 0.4) is 0 Å². The summed E-state index contributed by atoms with van der Waals surface area (Å²) in [6.45, 7) is 2.23. The van der Waals surface area contributed by atoms with E-state index >= 15 is 0 Å². The van der Waals surface area contributed by atoms with Crippen molar-refractivity contribution in [3.8, 4) is 11.4 Å². The number of benzene rings is 2. The van der Waals surface area contributed by atoms with E-state index in [1.807, 2.05) is 4.57 Å². The molecule has 0 bridgehead atoms. The fourth-order valence-electron chi connectivity index (χ4n) is 4.60. The quantitative estimate of drug-likeness (QED) is 0.238. The van der Waals surface area contributed by atoms with Crippen molar-refractivity contribution in [1.82, 2.24) is 24.6 Å². The van der Waals surface area contributed by atoms with Crippen LogP contribution in [0.1, 0.15) is 24.0 Å². The van der Waals surface area contributed by atoms with Crippen LogP contribution >= 0.6 is 0 Å². The highest BCUT2D eigenvalue weighted by molar-refractivity contribution is 6.27. The molecule has 1 aliphatic rings. The molecule has 2 aromatic carbocycles. The Morgan fingerprint density at radius 3 is 2.50 bits per heavy atom. The average Bonchev–Trinajstić information content (AvgIpc) is 3.61. The Bertz CT molecular complexity index is 1370. The van der Waals surface area contributed by atoms with Gasteiger partial charge in [-0.3, -0.25) is 9.47 Å². The topological polar surface area (TPSA) is 134 Å². The SMILES string of the molecule is COc1ccc(CC2C=CCCN2CCCc2c[nH]c3ccc(-n4cnnc4)cc23)cc1.O=C(O)C(=O)O. The molecule has 0 amide bonds. The maximum absolute atomic E-state index is 9.10. The first-order valence-corrected chi connectivity index (χ1v) is 12.4. The lowest BCUT2D eigenvalue weighted by atomic mass is 10.00. The Morgan fingerprint density at radius 2 is 1.82 bits per heavy atom. The highest BCUT2D eigenvalue weighted by atomic mass is 16.5. The summed E-state index contributed by atoms with van der Waals surface area (Å²) < 4.78 is 7.24. The summed E-state index contributed by atoms with van der Waals surface area (Å²) in [6.07, 6.45) is 14.7. The lowest BCUT2D eigenvalue weighted by Crippen LogP contribution is -2.39. The minimum Gasteiger partial charge on any atom is -0.497 e. The maximum atomic E-state index is 9.10. The predicted octanol–water partition coefficient (Wildman–Crippen LogP) is 3.72. The van der Waals surface area contributed by atoms with Crippen molar-refractivity contribution in [2.75, 3.05) is 20.2 Å². The van der Waals surface area contributed by atoms with Crippen LogP contribution in [0.25, 0.3) is 16.6 Å². The lowest BCUT2D eigenvalue weighted by molar-refractivity contribution is -0.159. The first-order valence-electron chi connectivity index (χ1n) is 12.4. The van der Waals surface area contributed by atoms with Crippen molar-refractivity contribution in [3.63, 3.8) is 0 Å². The van der Waals surface area contributed by atoms with Crippen molar-refractivity contribution < 1.29 is 24.5 Å². The molecule has 10 heteroatoms. The molecule has 1 atom stereocenters. The molecule has 3 N–H and O–H groups in total. The lowest BCUT2D eigenvalue weighted by Gasteiger charge is -2.32. The minimum atomic E-state index is -1.82. The number of carbonyl (C=O) groups is 2. The standard InChI is InChI=1S/C26H29N5O.C2H2O4/c1-32-24-10-7-20(8-11-24)15-22-6-2-3-13-30(22)14-4-5-21-17-27-26-12-9-23(16-25(21)26)31-18-28-29-19-31;3-1(4)2(5)6/h2,6-12,16-19,22,27H,3-5,13-15H2,1H3;(H,3,4)(H,5,6). The van der Waals surface area contributed by atoms with Crippen LogP contribution in [-0.2, 0) is 22.4 Å². The van der Waals surface area contributed by atoms with Gasteiger partial charge in [-0.1, -0.05) is 24.3 Å². The van der Waals surface area contributed by atoms with Gasteiger partial charge in [-0.25, -0.2) is 9.59 Å². The highest BCUT2D eigenvalue weighted by Crippen LogP contribution is 2.24. The number of ether oxygens (including phenoxy) is 1. The van der Waals surface area contributed by atoms with Crippen LogP contribution in [0, 0.1) is 0 Å². The van der Waals surface area contributed by atoms with Gasteiger partial charge in [0.15, 0.2) is 0 Å². The van der Waals surface area contributed by atoms with Crippen LogP contribution in [0.2, 0.25) is 0 Å². The number of nitrogens with one attached hydrogen (secondary N) is 1. The number of aliphatic carboxylic acids is 2. The van der Waals surface area contributed by atoms with Crippen molar-refractivity contribution in [1.29, 1.82) is 0 Å². The molecule has 0 saturated carbocycles. The zero-order valence-electron chi connectivity index (χ0n) is 21.2. The molecule has 10 nitrogen and oxygen atoms in total. The Morgan fingerprint density at radius 1 is 1.08 bits per heavy atom. The van der Waals surface area contributed by atoms with Crippen LogP contribution in [-0.4, -0.2) is 73.0 Å². The second-order valence-electron chi connectivity index (χ2n) is 9.00. The van der Waals surface area contributed by atoms with Gasteiger partial charge in [0.05, 0.1) is 7.11 Å². The Kier molecular flexibility index (Phi) is 8.89. The third kappa shape index (κ3) is 6.86. The summed E-state index contributed by atoms with van der Waals surface area (Å²) >= 11 is 0. The van der Waals surface area contributed by atoms with Gasteiger partial charge in [0.25, 0.3) is 0 Å². The summed E-state index contributed by atoms with van der Waals surface area (Å²) in [4.78, 5) is 24.3. The molecule has 0 aliphatic carbocycles. The third-order valence-electron chi connectivity index (χ3n) is 6.56. The second kappa shape index (κ2) is 12.7. The monoisotopic (exact) mass is 517 g/mol. The van der Waals surface area contributed by atoms with Crippen LogP contribution in [0.4, 0.5) is 0 Å². The number of aromatic nitrogens is 4. The van der Waals surface area contributed by atoms with E-state index in [1.165, 1.54) is 22.0 Å². The molecule has 1 unspecified atom stereocenters. The van der Waals surface area contributed by atoms with E-state index < -0.39 is 11.9 Å². The summed E-state index contributed by atoms with van der Waals surface area (Å²) in [7, 11) is 1.71. The third-order valence-corrected chi connectivity index (χ3v) is 6.56. The molecule has 0 radical (unpaired) electrons. The van der Waals surface area contributed by atoms with Gasteiger partial charge in [0.2, 0.25) is 0 Å². The summed E-state index contributed by atoms with van der Waals surface area (Å²) in [5.41, 5.74) is 4.99. The van der Waals surface area contributed by atoms with Gasteiger partial charge in [0, 0.05) is 35.4 Å². The van der Waals surface area contributed by atoms with E-state index in [4.69, 9.17) is 24.5 Å². The molecule has 3 heterocycles. The number of aromatic amines is 1. The predicted molar refractivity (Wildman–Crippen MR) is 143 cm³/mol. The molecule has 2 aromatic heterocycles. The van der Waals surface area contributed by atoms with Crippen LogP contribution in [0.15, 0.2) is 73.5 Å². The fourth-order valence-corrected chi connectivity index (χ4v) is 4.60. The number of fused-ring (bicyclic) bond motifs is 1. The summed E-state index contributed by atoms with van der Waals surface area (Å²) in [6, 6.07) is 15.4. The molecule has 0 fully saturated rings. The number of carboxylic acids is 2. The number of hydrogen-bond donors (Lipinski definition) is 3. The molecule has 5 rings (SSSR count).